The van der Waals surface area contributed by atoms with E-state index in [1.807, 2.05) is 0 Å². The molecule has 3 nitrogen and oxygen atoms in total. The van der Waals surface area contributed by atoms with Crippen molar-refractivity contribution >= 4 is 65.4 Å². The molecule has 268 valence electrons. The van der Waals surface area contributed by atoms with Crippen LogP contribution in [0.5, 0.6) is 0 Å². The van der Waals surface area contributed by atoms with Gasteiger partial charge in [-0.15, -0.1) is 0 Å². The lowest BCUT2D eigenvalue weighted by Crippen LogP contribution is -2.06. The lowest BCUT2D eigenvalue weighted by molar-refractivity contribution is 0.648. The number of aromatic nitrogens is 3. The summed E-state index contributed by atoms with van der Waals surface area (Å²) in [6.07, 6.45) is 9.93. The fraction of sp³-hybridized carbons (Fsp3) is 0.0370. The monoisotopic (exact) mass is 727 g/mol. The number of para-hydroxylation sites is 3. The van der Waals surface area contributed by atoms with Crippen LogP contribution in [0.4, 0.5) is 0 Å². The van der Waals surface area contributed by atoms with E-state index in [1.165, 1.54) is 93.4 Å². The molecule has 0 bridgehead atoms. The standard InChI is InChI=1S/C54H37N3/c1-3-14-36(15-4-1)37-16-13-19-41(32-37)56-50-24-11-7-20-43(50)46-33-38(26-29-52(46)56)39-27-30-53-47(34-39)44-21-8-12-25-51(44)57(53)42-28-31-54-48(35-42)45-22-9-10-23-49(45)55(54)40-17-5-2-6-18-40/h1-17,19-35,40H,18H2. The van der Waals surface area contributed by atoms with Crippen molar-refractivity contribution in [3.05, 3.63) is 206 Å². The van der Waals surface area contributed by atoms with Gasteiger partial charge in [0.1, 0.15) is 0 Å². The number of hydrogen-bond acceptors (Lipinski definition) is 0. The third-order valence-electron chi connectivity index (χ3n) is 12.1. The van der Waals surface area contributed by atoms with Crippen LogP contribution in [0.1, 0.15) is 12.5 Å². The first kappa shape index (κ1) is 31.9. The molecule has 1 unspecified atom stereocenters. The molecule has 57 heavy (non-hydrogen) atoms. The van der Waals surface area contributed by atoms with Crippen molar-refractivity contribution in [1.29, 1.82) is 0 Å². The third-order valence-corrected chi connectivity index (χ3v) is 12.1. The second kappa shape index (κ2) is 12.6. The quantitative estimate of drug-likeness (QED) is 0.168. The molecule has 0 spiro atoms. The van der Waals surface area contributed by atoms with Gasteiger partial charge in [0.2, 0.25) is 0 Å². The van der Waals surface area contributed by atoms with Crippen LogP contribution in [0.25, 0.3) is 99.0 Å². The van der Waals surface area contributed by atoms with Crippen LogP contribution >= 0.6 is 0 Å². The minimum absolute atomic E-state index is 0.302. The first-order chi connectivity index (χ1) is 28.3. The van der Waals surface area contributed by atoms with Crippen molar-refractivity contribution in [2.45, 2.75) is 12.5 Å². The van der Waals surface area contributed by atoms with Gasteiger partial charge in [-0.05, 0) is 101 Å². The maximum absolute atomic E-state index is 2.52. The predicted molar refractivity (Wildman–Crippen MR) is 241 cm³/mol. The molecule has 0 amide bonds. The molecule has 0 aliphatic heterocycles. The minimum atomic E-state index is 0.302. The van der Waals surface area contributed by atoms with E-state index < -0.39 is 0 Å². The van der Waals surface area contributed by atoms with Gasteiger partial charge in [-0.2, -0.15) is 0 Å². The Morgan fingerprint density at radius 1 is 0.333 bits per heavy atom. The summed E-state index contributed by atoms with van der Waals surface area (Å²) in [5.74, 6) is 0. The van der Waals surface area contributed by atoms with Gasteiger partial charge in [-0.25, -0.2) is 0 Å². The average Bonchev–Trinajstić information content (AvgIpc) is 3.92. The Morgan fingerprint density at radius 2 is 0.825 bits per heavy atom. The number of allylic oxidation sites excluding steroid dienone is 4. The highest BCUT2D eigenvalue weighted by Gasteiger charge is 2.20. The van der Waals surface area contributed by atoms with Crippen LogP contribution in [0.3, 0.4) is 0 Å². The normalized spacial score (nSPS) is 14.3. The summed E-state index contributed by atoms with van der Waals surface area (Å²) >= 11 is 0. The van der Waals surface area contributed by atoms with Gasteiger partial charge in [-0.1, -0.05) is 133 Å². The van der Waals surface area contributed by atoms with Crippen LogP contribution < -0.4 is 0 Å². The van der Waals surface area contributed by atoms with E-state index in [4.69, 9.17) is 0 Å². The molecule has 3 heterocycles. The van der Waals surface area contributed by atoms with E-state index in [1.54, 1.807) is 0 Å². The highest BCUT2D eigenvalue weighted by Crippen LogP contribution is 2.41. The molecular weight excluding hydrogens is 691 g/mol. The Labute approximate surface area is 330 Å². The molecule has 0 N–H and O–H groups in total. The largest absolute Gasteiger partial charge is 0.333 e. The van der Waals surface area contributed by atoms with Crippen LogP contribution in [0.2, 0.25) is 0 Å². The van der Waals surface area contributed by atoms with Crippen LogP contribution in [0.15, 0.2) is 206 Å². The molecule has 1 aliphatic rings. The summed E-state index contributed by atoms with van der Waals surface area (Å²) in [4.78, 5) is 0. The van der Waals surface area contributed by atoms with E-state index in [9.17, 15) is 0 Å². The molecule has 8 aromatic carbocycles. The lowest BCUT2D eigenvalue weighted by Gasteiger charge is -2.18. The molecule has 12 rings (SSSR count). The molecule has 1 aliphatic carbocycles. The smallest absolute Gasteiger partial charge is 0.0560 e. The molecule has 0 saturated heterocycles. The maximum atomic E-state index is 2.52. The molecule has 3 heteroatoms. The molecule has 3 aromatic heterocycles. The van der Waals surface area contributed by atoms with Crippen LogP contribution in [-0.4, -0.2) is 13.7 Å². The van der Waals surface area contributed by atoms with Gasteiger partial charge in [0.25, 0.3) is 0 Å². The van der Waals surface area contributed by atoms with Crippen molar-refractivity contribution < 1.29 is 0 Å². The SMILES string of the molecule is C1=CCC(n2c3ccccc3c3cc(-n4c5ccccc5c5cc(-c6ccc7c(c6)c6ccccc6n7-c6cccc(-c7ccccc7)c6)ccc54)ccc32)C=C1. The number of benzene rings is 8. The van der Waals surface area contributed by atoms with Crippen molar-refractivity contribution in [3.8, 4) is 33.6 Å². The number of hydrogen-bond donors (Lipinski definition) is 0. The summed E-state index contributed by atoms with van der Waals surface area (Å²) in [6.45, 7) is 0. The Morgan fingerprint density at radius 3 is 1.47 bits per heavy atom. The fourth-order valence-electron chi connectivity index (χ4n) is 9.56. The Bertz CT molecular complexity index is 3440. The van der Waals surface area contributed by atoms with Gasteiger partial charge in [0.15, 0.2) is 0 Å². The predicted octanol–water partition coefficient (Wildman–Crippen LogP) is 14.4. The van der Waals surface area contributed by atoms with Crippen molar-refractivity contribution in [1.82, 2.24) is 13.7 Å². The molecule has 1 atom stereocenters. The van der Waals surface area contributed by atoms with Gasteiger partial charge >= 0.3 is 0 Å². The third kappa shape index (κ3) is 4.92. The Balaban J connectivity index is 1.00. The van der Waals surface area contributed by atoms with Crippen molar-refractivity contribution in [3.63, 3.8) is 0 Å². The Kier molecular flexibility index (Phi) is 7.05. The minimum Gasteiger partial charge on any atom is -0.333 e. The van der Waals surface area contributed by atoms with Gasteiger partial charge in [0, 0.05) is 54.7 Å². The zero-order valence-corrected chi connectivity index (χ0v) is 31.3. The maximum Gasteiger partial charge on any atom is 0.0560 e. The van der Waals surface area contributed by atoms with Crippen LogP contribution in [0, 0.1) is 0 Å². The zero-order valence-electron chi connectivity index (χ0n) is 31.3. The first-order valence-corrected chi connectivity index (χ1v) is 19.9. The molecule has 11 aromatic rings. The van der Waals surface area contributed by atoms with E-state index in [-0.39, 0.29) is 0 Å². The number of fused-ring (bicyclic) bond motifs is 9. The van der Waals surface area contributed by atoms with Gasteiger partial charge < -0.3 is 13.7 Å². The van der Waals surface area contributed by atoms with E-state index in [2.05, 4.69) is 220 Å². The molecule has 0 saturated carbocycles. The number of rotatable bonds is 5. The zero-order chi connectivity index (χ0) is 37.5. The topological polar surface area (TPSA) is 14.8 Å². The molecular formula is C54H37N3. The molecule has 0 radical (unpaired) electrons. The summed E-state index contributed by atoms with van der Waals surface area (Å²) in [7, 11) is 0. The fourth-order valence-corrected chi connectivity index (χ4v) is 9.56. The van der Waals surface area contributed by atoms with E-state index >= 15 is 0 Å². The molecule has 0 fully saturated rings. The van der Waals surface area contributed by atoms with E-state index in [0.29, 0.717) is 6.04 Å². The summed E-state index contributed by atoms with van der Waals surface area (Å²) in [5, 5.41) is 7.60. The average molecular weight is 728 g/mol. The van der Waals surface area contributed by atoms with Gasteiger partial charge in [0.05, 0.1) is 28.1 Å². The lowest BCUT2D eigenvalue weighted by atomic mass is 10.0. The summed E-state index contributed by atoms with van der Waals surface area (Å²) < 4.78 is 7.38. The first-order valence-electron chi connectivity index (χ1n) is 19.9. The Hall–Kier alpha value is -7.36. The van der Waals surface area contributed by atoms with Crippen molar-refractivity contribution in [2.75, 3.05) is 0 Å². The van der Waals surface area contributed by atoms with E-state index in [0.717, 1.165) is 12.1 Å². The number of nitrogens with zero attached hydrogens (tertiary/aromatic N) is 3. The van der Waals surface area contributed by atoms with Crippen molar-refractivity contribution in [2.24, 2.45) is 0 Å². The second-order valence-corrected chi connectivity index (χ2v) is 15.3. The summed E-state index contributed by atoms with van der Waals surface area (Å²) in [5.41, 5.74) is 14.6. The second-order valence-electron chi connectivity index (χ2n) is 15.3. The highest BCUT2D eigenvalue weighted by atomic mass is 15.0. The van der Waals surface area contributed by atoms with Crippen LogP contribution in [-0.2, 0) is 0 Å². The summed E-state index contributed by atoms with van der Waals surface area (Å²) in [6, 6.07) is 67.4. The highest BCUT2D eigenvalue weighted by molar-refractivity contribution is 6.14. The van der Waals surface area contributed by atoms with Gasteiger partial charge in [-0.3, -0.25) is 0 Å².